The minimum Gasteiger partial charge on any atom is -0.368 e. The Hall–Kier alpha value is -2.56. The van der Waals surface area contributed by atoms with Crippen LogP contribution in [-0.4, -0.2) is 41.1 Å². The van der Waals surface area contributed by atoms with Gasteiger partial charge in [-0.3, -0.25) is 0 Å². The quantitative estimate of drug-likeness (QED) is 0.791. The third-order valence-corrected chi connectivity index (χ3v) is 4.49. The number of hydrogen-bond acceptors (Lipinski definition) is 4. The van der Waals surface area contributed by atoms with Crippen molar-refractivity contribution in [1.82, 2.24) is 15.0 Å². The number of aromatic amines is 1. The summed E-state index contributed by atoms with van der Waals surface area (Å²) >= 11 is 0. The van der Waals surface area contributed by atoms with Crippen LogP contribution in [-0.2, 0) is 0 Å². The molecule has 1 aliphatic heterocycles. The molecule has 1 N–H and O–H groups in total. The van der Waals surface area contributed by atoms with Crippen LogP contribution >= 0.6 is 0 Å². The molecule has 23 heavy (non-hydrogen) atoms. The standard InChI is InChI=1S/C18H21N5/c1-13-4-3-5-15(10-13)22-6-8-23(9-7-22)18-16-11-14(2)21-17(16)19-12-20-18/h3-5,10-12H,6-9H2,1-2H3,(H,19,20,21). The number of anilines is 2. The monoisotopic (exact) mass is 307 g/mol. The van der Waals surface area contributed by atoms with Gasteiger partial charge in [0.15, 0.2) is 0 Å². The third-order valence-electron chi connectivity index (χ3n) is 4.49. The summed E-state index contributed by atoms with van der Waals surface area (Å²) in [5, 5.41) is 1.12. The van der Waals surface area contributed by atoms with Crippen molar-refractivity contribution in [3.63, 3.8) is 0 Å². The maximum Gasteiger partial charge on any atom is 0.143 e. The molecule has 0 bridgehead atoms. The van der Waals surface area contributed by atoms with E-state index in [0.717, 1.165) is 48.7 Å². The number of rotatable bonds is 2. The lowest BCUT2D eigenvalue weighted by Crippen LogP contribution is -2.46. The minimum atomic E-state index is 0.925. The molecule has 5 nitrogen and oxygen atoms in total. The molecule has 0 spiro atoms. The SMILES string of the molecule is Cc1cccc(N2CCN(c3ncnc4[nH]c(C)cc34)CC2)c1. The van der Waals surface area contributed by atoms with E-state index in [1.807, 2.05) is 0 Å². The molecule has 3 aromatic rings. The molecule has 5 heteroatoms. The summed E-state index contributed by atoms with van der Waals surface area (Å²) in [6, 6.07) is 10.9. The third kappa shape index (κ3) is 2.63. The van der Waals surface area contributed by atoms with Crippen molar-refractivity contribution < 1.29 is 0 Å². The highest BCUT2D eigenvalue weighted by Gasteiger charge is 2.20. The Kier molecular flexibility index (Phi) is 3.41. The zero-order valence-corrected chi connectivity index (χ0v) is 13.6. The Balaban J connectivity index is 1.55. The van der Waals surface area contributed by atoms with Crippen LogP contribution in [0.1, 0.15) is 11.3 Å². The van der Waals surface area contributed by atoms with Crippen molar-refractivity contribution in [3.8, 4) is 0 Å². The van der Waals surface area contributed by atoms with E-state index in [9.17, 15) is 0 Å². The number of H-pyrrole nitrogens is 1. The molecule has 4 rings (SSSR count). The van der Waals surface area contributed by atoms with Crippen molar-refractivity contribution >= 4 is 22.5 Å². The van der Waals surface area contributed by atoms with Crippen LogP contribution in [0.2, 0.25) is 0 Å². The van der Waals surface area contributed by atoms with E-state index in [1.54, 1.807) is 6.33 Å². The van der Waals surface area contributed by atoms with Gasteiger partial charge in [0.25, 0.3) is 0 Å². The fourth-order valence-corrected chi connectivity index (χ4v) is 3.31. The molecule has 3 heterocycles. The lowest BCUT2D eigenvalue weighted by Gasteiger charge is -2.37. The van der Waals surface area contributed by atoms with Crippen molar-refractivity contribution in [2.75, 3.05) is 36.0 Å². The number of nitrogens with one attached hydrogen (secondary N) is 1. The number of nitrogens with zero attached hydrogens (tertiary/aromatic N) is 4. The molecule has 0 saturated carbocycles. The van der Waals surface area contributed by atoms with E-state index in [4.69, 9.17) is 0 Å². The lowest BCUT2D eigenvalue weighted by molar-refractivity contribution is 0.649. The molecule has 2 aromatic heterocycles. The van der Waals surface area contributed by atoms with Crippen molar-refractivity contribution in [2.24, 2.45) is 0 Å². The normalized spacial score (nSPS) is 15.4. The van der Waals surface area contributed by atoms with Crippen LogP contribution in [0.5, 0.6) is 0 Å². The predicted molar refractivity (Wildman–Crippen MR) is 94.2 cm³/mol. The first-order valence-electron chi connectivity index (χ1n) is 8.07. The average Bonchev–Trinajstić information content (AvgIpc) is 2.95. The van der Waals surface area contributed by atoms with Gasteiger partial charge in [0.1, 0.15) is 17.8 Å². The Morgan fingerprint density at radius 1 is 0.957 bits per heavy atom. The number of benzene rings is 1. The first-order valence-corrected chi connectivity index (χ1v) is 8.07. The Bertz CT molecular complexity index is 830. The van der Waals surface area contributed by atoms with E-state index in [0.29, 0.717) is 0 Å². The van der Waals surface area contributed by atoms with E-state index >= 15 is 0 Å². The average molecular weight is 307 g/mol. The van der Waals surface area contributed by atoms with E-state index in [2.05, 4.69) is 68.9 Å². The summed E-state index contributed by atoms with van der Waals surface area (Å²) in [4.78, 5) is 17.0. The predicted octanol–water partition coefficient (Wildman–Crippen LogP) is 2.90. The van der Waals surface area contributed by atoms with E-state index in [1.165, 1.54) is 11.3 Å². The van der Waals surface area contributed by atoms with Gasteiger partial charge in [0, 0.05) is 37.6 Å². The van der Waals surface area contributed by atoms with Crippen LogP contribution in [0.4, 0.5) is 11.5 Å². The van der Waals surface area contributed by atoms with Crippen molar-refractivity contribution in [2.45, 2.75) is 13.8 Å². The van der Waals surface area contributed by atoms with Gasteiger partial charge in [0.05, 0.1) is 5.39 Å². The molecule has 0 unspecified atom stereocenters. The number of piperazine rings is 1. The molecule has 1 aromatic carbocycles. The fourth-order valence-electron chi connectivity index (χ4n) is 3.31. The molecule has 1 saturated heterocycles. The highest BCUT2D eigenvalue weighted by atomic mass is 15.3. The van der Waals surface area contributed by atoms with E-state index < -0.39 is 0 Å². The van der Waals surface area contributed by atoms with Gasteiger partial charge in [0.2, 0.25) is 0 Å². The topological polar surface area (TPSA) is 48.1 Å². The van der Waals surface area contributed by atoms with Gasteiger partial charge in [-0.1, -0.05) is 12.1 Å². The molecular formula is C18H21N5. The largest absolute Gasteiger partial charge is 0.368 e. The van der Waals surface area contributed by atoms with Crippen LogP contribution < -0.4 is 9.80 Å². The Labute approximate surface area is 136 Å². The zero-order valence-electron chi connectivity index (χ0n) is 13.6. The number of aromatic nitrogens is 3. The Morgan fingerprint density at radius 2 is 1.74 bits per heavy atom. The second kappa shape index (κ2) is 5.57. The minimum absolute atomic E-state index is 0.925. The van der Waals surface area contributed by atoms with Gasteiger partial charge < -0.3 is 14.8 Å². The second-order valence-corrected chi connectivity index (χ2v) is 6.23. The maximum atomic E-state index is 4.53. The summed E-state index contributed by atoms with van der Waals surface area (Å²) in [5.74, 6) is 1.04. The summed E-state index contributed by atoms with van der Waals surface area (Å²) < 4.78 is 0. The van der Waals surface area contributed by atoms with Crippen LogP contribution in [0.3, 0.4) is 0 Å². The van der Waals surface area contributed by atoms with Gasteiger partial charge in [-0.15, -0.1) is 0 Å². The first-order chi connectivity index (χ1) is 11.2. The lowest BCUT2D eigenvalue weighted by atomic mass is 10.2. The zero-order chi connectivity index (χ0) is 15.8. The molecule has 1 aliphatic rings. The summed E-state index contributed by atoms with van der Waals surface area (Å²) in [5.41, 5.74) is 4.67. The van der Waals surface area contributed by atoms with E-state index in [-0.39, 0.29) is 0 Å². The molecule has 0 atom stereocenters. The Morgan fingerprint density at radius 3 is 2.52 bits per heavy atom. The van der Waals surface area contributed by atoms with Gasteiger partial charge >= 0.3 is 0 Å². The number of fused-ring (bicyclic) bond motifs is 1. The summed E-state index contributed by atoms with van der Waals surface area (Å²) in [6.45, 7) is 8.18. The first kappa shape index (κ1) is 14.1. The van der Waals surface area contributed by atoms with Crippen LogP contribution in [0.25, 0.3) is 11.0 Å². The molecular weight excluding hydrogens is 286 g/mol. The smallest absolute Gasteiger partial charge is 0.143 e. The van der Waals surface area contributed by atoms with Gasteiger partial charge in [-0.2, -0.15) is 0 Å². The van der Waals surface area contributed by atoms with Gasteiger partial charge in [-0.25, -0.2) is 9.97 Å². The molecule has 118 valence electrons. The molecule has 1 fully saturated rings. The number of aryl methyl sites for hydroxylation is 2. The molecule has 0 aliphatic carbocycles. The maximum absolute atomic E-state index is 4.53. The fraction of sp³-hybridized carbons (Fsp3) is 0.333. The second-order valence-electron chi connectivity index (χ2n) is 6.23. The van der Waals surface area contributed by atoms with Gasteiger partial charge in [-0.05, 0) is 37.6 Å². The highest BCUT2D eigenvalue weighted by Crippen LogP contribution is 2.26. The number of hydrogen-bond donors (Lipinski definition) is 1. The summed E-state index contributed by atoms with van der Waals surface area (Å²) in [7, 11) is 0. The van der Waals surface area contributed by atoms with Crippen LogP contribution in [0, 0.1) is 13.8 Å². The summed E-state index contributed by atoms with van der Waals surface area (Å²) in [6.07, 6.45) is 1.65. The molecule has 0 amide bonds. The molecule has 0 radical (unpaired) electrons. The van der Waals surface area contributed by atoms with Crippen molar-refractivity contribution in [3.05, 3.63) is 47.9 Å². The highest BCUT2D eigenvalue weighted by molar-refractivity contribution is 5.88. The van der Waals surface area contributed by atoms with Crippen molar-refractivity contribution in [1.29, 1.82) is 0 Å². The van der Waals surface area contributed by atoms with Crippen LogP contribution in [0.15, 0.2) is 36.7 Å².